The van der Waals surface area contributed by atoms with Gasteiger partial charge in [0.25, 0.3) is 10.0 Å². The van der Waals surface area contributed by atoms with Crippen molar-refractivity contribution in [2.24, 2.45) is 0 Å². The van der Waals surface area contributed by atoms with E-state index in [-0.39, 0.29) is 16.3 Å². The van der Waals surface area contributed by atoms with Gasteiger partial charge in [-0.2, -0.15) is 0 Å². The third-order valence-corrected chi connectivity index (χ3v) is 5.03. The van der Waals surface area contributed by atoms with Gasteiger partial charge < -0.3 is 9.47 Å². The van der Waals surface area contributed by atoms with Crippen molar-refractivity contribution in [3.63, 3.8) is 0 Å². The monoisotopic (exact) mass is 343 g/mol. The summed E-state index contributed by atoms with van der Waals surface area (Å²) in [6.07, 6.45) is 0. The van der Waals surface area contributed by atoms with Gasteiger partial charge in [-0.05, 0) is 24.3 Å². The second-order valence-electron chi connectivity index (χ2n) is 4.59. The summed E-state index contributed by atoms with van der Waals surface area (Å²) >= 11 is 0. The van der Waals surface area contributed by atoms with Gasteiger partial charge in [-0.25, -0.2) is 17.2 Å². The highest BCUT2D eigenvalue weighted by molar-refractivity contribution is 7.92. The topological polar surface area (TPSA) is 55.8 Å². The molecule has 0 aliphatic rings. The molecule has 8 heteroatoms. The summed E-state index contributed by atoms with van der Waals surface area (Å²) in [5.74, 6) is -1.18. The fraction of sp³-hybridized carbons (Fsp3) is 0.200. The molecule has 0 saturated heterocycles. The maximum atomic E-state index is 13.8. The summed E-state index contributed by atoms with van der Waals surface area (Å²) in [5, 5.41) is 0. The van der Waals surface area contributed by atoms with Gasteiger partial charge in [0.15, 0.2) is 11.5 Å². The highest BCUT2D eigenvalue weighted by Crippen LogP contribution is 2.32. The van der Waals surface area contributed by atoms with Crippen LogP contribution in [0.4, 0.5) is 14.5 Å². The molecule has 0 spiro atoms. The molecule has 0 aromatic heterocycles. The van der Waals surface area contributed by atoms with Crippen molar-refractivity contribution in [1.29, 1.82) is 0 Å². The number of hydrogen-bond donors (Lipinski definition) is 0. The average Bonchev–Trinajstić information content (AvgIpc) is 2.53. The van der Waals surface area contributed by atoms with Gasteiger partial charge in [-0.1, -0.05) is 0 Å². The molecule has 0 radical (unpaired) electrons. The molecule has 0 heterocycles. The third kappa shape index (κ3) is 3.21. The van der Waals surface area contributed by atoms with Gasteiger partial charge in [0, 0.05) is 19.2 Å². The Bertz CT molecular complexity index is 824. The van der Waals surface area contributed by atoms with Gasteiger partial charge in [0.2, 0.25) is 0 Å². The Morgan fingerprint density at radius 3 is 2.17 bits per heavy atom. The Hall–Kier alpha value is -2.35. The van der Waals surface area contributed by atoms with Crippen LogP contribution in [-0.2, 0) is 10.0 Å². The molecule has 2 rings (SSSR count). The van der Waals surface area contributed by atoms with E-state index >= 15 is 0 Å². The lowest BCUT2D eigenvalue weighted by Gasteiger charge is -2.20. The highest BCUT2D eigenvalue weighted by Gasteiger charge is 2.25. The predicted octanol–water partition coefficient (Wildman–Crippen LogP) is 2.81. The molecule has 2 aromatic rings. The minimum Gasteiger partial charge on any atom is -0.493 e. The van der Waals surface area contributed by atoms with E-state index in [1.165, 1.54) is 39.5 Å². The molecule has 5 nitrogen and oxygen atoms in total. The van der Waals surface area contributed by atoms with Crippen molar-refractivity contribution < 1.29 is 26.7 Å². The van der Waals surface area contributed by atoms with Crippen LogP contribution in [0, 0.1) is 11.6 Å². The van der Waals surface area contributed by atoms with E-state index in [2.05, 4.69) is 0 Å². The number of sulfonamides is 1. The van der Waals surface area contributed by atoms with Crippen LogP contribution in [0.15, 0.2) is 41.3 Å². The lowest BCUT2D eigenvalue weighted by molar-refractivity contribution is 0.354. The molecule has 2 aromatic carbocycles. The average molecular weight is 343 g/mol. The maximum Gasteiger partial charge on any atom is 0.264 e. The standard InChI is InChI=1S/C15H15F2NO4S/c1-18(13-6-4-10(16)8-12(13)17)23(19,20)11-5-7-14(21-2)15(9-11)22-3/h4-9H,1-3H3. The maximum absolute atomic E-state index is 13.8. The molecule has 0 fully saturated rings. The Morgan fingerprint density at radius 2 is 1.61 bits per heavy atom. The molecule has 0 aliphatic carbocycles. The van der Waals surface area contributed by atoms with Crippen molar-refractivity contribution in [1.82, 2.24) is 0 Å². The fourth-order valence-electron chi connectivity index (χ4n) is 2.00. The molecule has 0 atom stereocenters. The van der Waals surface area contributed by atoms with E-state index in [1.54, 1.807) is 0 Å². The van der Waals surface area contributed by atoms with E-state index in [4.69, 9.17) is 9.47 Å². The number of hydrogen-bond acceptors (Lipinski definition) is 4. The third-order valence-electron chi connectivity index (χ3n) is 3.26. The van der Waals surface area contributed by atoms with E-state index in [1.807, 2.05) is 0 Å². The van der Waals surface area contributed by atoms with Gasteiger partial charge in [-0.15, -0.1) is 0 Å². The lowest BCUT2D eigenvalue weighted by atomic mass is 10.3. The summed E-state index contributed by atoms with van der Waals surface area (Å²) in [4.78, 5) is -0.110. The first-order valence-electron chi connectivity index (χ1n) is 6.47. The first-order valence-corrected chi connectivity index (χ1v) is 7.91. The van der Waals surface area contributed by atoms with E-state index in [9.17, 15) is 17.2 Å². The largest absolute Gasteiger partial charge is 0.493 e. The number of halogens is 2. The molecular formula is C15H15F2NO4S. The molecule has 23 heavy (non-hydrogen) atoms. The zero-order valence-electron chi connectivity index (χ0n) is 12.7. The molecule has 0 saturated carbocycles. The van der Waals surface area contributed by atoms with Gasteiger partial charge in [0.05, 0.1) is 24.8 Å². The van der Waals surface area contributed by atoms with Gasteiger partial charge >= 0.3 is 0 Å². The number of methoxy groups -OCH3 is 2. The Labute approximate surface area is 133 Å². The predicted molar refractivity (Wildman–Crippen MR) is 81.5 cm³/mol. The number of nitrogens with zero attached hydrogens (tertiary/aromatic N) is 1. The van der Waals surface area contributed by atoms with Crippen LogP contribution in [0.5, 0.6) is 11.5 Å². The Morgan fingerprint density at radius 1 is 0.957 bits per heavy atom. The molecule has 0 N–H and O–H groups in total. The van der Waals surface area contributed by atoms with E-state index < -0.39 is 21.7 Å². The van der Waals surface area contributed by atoms with Crippen LogP contribution in [-0.4, -0.2) is 29.7 Å². The van der Waals surface area contributed by atoms with Crippen molar-refractivity contribution in [2.45, 2.75) is 4.90 Å². The second-order valence-corrected chi connectivity index (χ2v) is 6.55. The minimum atomic E-state index is -4.05. The van der Waals surface area contributed by atoms with Gasteiger partial charge in [-0.3, -0.25) is 4.31 Å². The normalized spacial score (nSPS) is 11.2. The van der Waals surface area contributed by atoms with Crippen LogP contribution in [0.1, 0.15) is 0 Å². The van der Waals surface area contributed by atoms with Crippen LogP contribution >= 0.6 is 0 Å². The first kappa shape index (κ1) is 17.0. The smallest absolute Gasteiger partial charge is 0.264 e. The molecule has 0 amide bonds. The van der Waals surface area contributed by atoms with Crippen LogP contribution < -0.4 is 13.8 Å². The van der Waals surface area contributed by atoms with Crippen molar-refractivity contribution >= 4 is 15.7 Å². The van der Waals surface area contributed by atoms with Gasteiger partial charge in [0.1, 0.15) is 11.6 Å². The molecule has 0 bridgehead atoms. The number of anilines is 1. The Balaban J connectivity index is 2.49. The summed E-state index contributed by atoms with van der Waals surface area (Å²) in [6.45, 7) is 0. The van der Waals surface area contributed by atoms with Crippen LogP contribution in [0.25, 0.3) is 0 Å². The second kappa shape index (κ2) is 6.41. The fourth-order valence-corrected chi connectivity index (χ4v) is 3.22. The lowest BCUT2D eigenvalue weighted by Crippen LogP contribution is -2.27. The van der Waals surface area contributed by atoms with E-state index in [0.717, 1.165) is 16.4 Å². The molecular weight excluding hydrogens is 328 g/mol. The number of ether oxygens (including phenoxy) is 2. The summed E-state index contributed by atoms with van der Waals surface area (Å²) < 4.78 is 62.9. The highest BCUT2D eigenvalue weighted by atomic mass is 32.2. The van der Waals surface area contributed by atoms with Crippen LogP contribution in [0.2, 0.25) is 0 Å². The zero-order valence-corrected chi connectivity index (χ0v) is 13.5. The Kier molecular flexibility index (Phi) is 4.74. The van der Waals surface area contributed by atoms with Crippen molar-refractivity contribution in [2.75, 3.05) is 25.6 Å². The van der Waals surface area contributed by atoms with Crippen molar-refractivity contribution in [3.8, 4) is 11.5 Å². The number of rotatable bonds is 5. The summed E-state index contributed by atoms with van der Waals surface area (Å²) in [7, 11) is -0.0714. The molecule has 0 aliphatic heterocycles. The number of benzene rings is 2. The first-order chi connectivity index (χ1) is 10.8. The molecule has 0 unspecified atom stereocenters. The zero-order chi connectivity index (χ0) is 17.2. The minimum absolute atomic E-state index is 0.110. The summed E-state index contributed by atoms with van der Waals surface area (Å²) in [6, 6.07) is 6.68. The van der Waals surface area contributed by atoms with Crippen molar-refractivity contribution in [3.05, 3.63) is 48.0 Å². The van der Waals surface area contributed by atoms with E-state index in [0.29, 0.717) is 11.8 Å². The quantitative estimate of drug-likeness (QED) is 0.838. The molecule has 124 valence electrons. The summed E-state index contributed by atoms with van der Waals surface area (Å²) in [5.41, 5.74) is -0.263. The SMILES string of the molecule is COc1ccc(S(=O)(=O)N(C)c2ccc(F)cc2F)cc1OC. The van der Waals surface area contributed by atoms with Crippen LogP contribution in [0.3, 0.4) is 0 Å².